The van der Waals surface area contributed by atoms with Gasteiger partial charge in [0.1, 0.15) is 5.75 Å². The Morgan fingerprint density at radius 3 is 2.21 bits per heavy atom. The first kappa shape index (κ1) is 15.6. The summed E-state index contributed by atoms with van der Waals surface area (Å²) in [5, 5.41) is 9.67. The lowest BCUT2D eigenvalue weighted by Crippen LogP contribution is -2.39. The van der Waals surface area contributed by atoms with E-state index < -0.39 is 11.6 Å². The highest BCUT2D eigenvalue weighted by Gasteiger charge is 2.22. The molecule has 3 rings (SSSR count). The standard InChI is InChI=1S/C19H14N2O3/c22-17-4-2-1-3-16(17)19(24)18(23)13-21-11-7-15(8-12-21)14-5-9-20-10-6-14/h1-12H,13H2/p+1. The van der Waals surface area contributed by atoms with Crippen molar-refractivity contribution in [3.05, 3.63) is 78.9 Å². The molecule has 0 aliphatic carbocycles. The number of pyridine rings is 2. The van der Waals surface area contributed by atoms with Crippen molar-refractivity contribution < 1.29 is 19.3 Å². The van der Waals surface area contributed by atoms with Gasteiger partial charge in [0, 0.05) is 24.5 Å². The van der Waals surface area contributed by atoms with Gasteiger partial charge in [-0.25, -0.2) is 0 Å². The Kier molecular flexibility index (Phi) is 4.43. The van der Waals surface area contributed by atoms with Crippen molar-refractivity contribution in [3.63, 3.8) is 0 Å². The molecule has 1 aromatic carbocycles. The first-order valence-corrected chi connectivity index (χ1v) is 7.40. The van der Waals surface area contributed by atoms with E-state index >= 15 is 0 Å². The third-order valence-corrected chi connectivity index (χ3v) is 3.63. The molecule has 0 aliphatic rings. The molecule has 2 heterocycles. The molecular formula is C19H15N2O3+. The Morgan fingerprint density at radius 2 is 1.54 bits per heavy atom. The molecule has 5 nitrogen and oxygen atoms in total. The fourth-order valence-corrected chi connectivity index (χ4v) is 2.35. The van der Waals surface area contributed by atoms with Crippen LogP contribution >= 0.6 is 0 Å². The summed E-state index contributed by atoms with van der Waals surface area (Å²) in [6, 6.07) is 13.6. The van der Waals surface area contributed by atoms with Gasteiger partial charge in [-0.2, -0.15) is 4.57 Å². The van der Waals surface area contributed by atoms with Gasteiger partial charge in [0.15, 0.2) is 12.4 Å². The topological polar surface area (TPSA) is 71.1 Å². The van der Waals surface area contributed by atoms with Gasteiger partial charge in [0.25, 0.3) is 5.78 Å². The number of nitrogens with zero attached hydrogens (tertiary/aromatic N) is 2. The van der Waals surface area contributed by atoms with E-state index in [1.807, 2.05) is 24.3 Å². The summed E-state index contributed by atoms with van der Waals surface area (Å²) in [6.07, 6.45) is 6.91. The average Bonchev–Trinajstić information content (AvgIpc) is 2.63. The van der Waals surface area contributed by atoms with Crippen LogP contribution in [0.5, 0.6) is 5.75 Å². The van der Waals surface area contributed by atoms with Gasteiger partial charge >= 0.3 is 0 Å². The molecule has 0 amide bonds. The number of hydrogen-bond acceptors (Lipinski definition) is 4. The lowest BCUT2D eigenvalue weighted by molar-refractivity contribution is -0.683. The Balaban J connectivity index is 1.73. The van der Waals surface area contributed by atoms with E-state index in [0.717, 1.165) is 11.1 Å². The zero-order valence-corrected chi connectivity index (χ0v) is 12.8. The van der Waals surface area contributed by atoms with Crippen molar-refractivity contribution in [2.45, 2.75) is 6.54 Å². The minimum Gasteiger partial charge on any atom is -0.507 e. The second-order valence-corrected chi connectivity index (χ2v) is 5.26. The highest BCUT2D eigenvalue weighted by Crippen LogP contribution is 2.17. The van der Waals surface area contributed by atoms with Crippen LogP contribution in [0.1, 0.15) is 10.4 Å². The van der Waals surface area contributed by atoms with Gasteiger partial charge in [-0.15, -0.1) is 0 Å². The number of carbonyl (C=O) groups is 2. The molecule has 5 heteroatoms. The average molecular weight is 319 g/mol. The molecular weight excluding hydrogens is 304 g/mol. The normalized spacial score (nSPS) is 10.3. The maximum absolute atomic E-state index is 12.1. The third-order valence-electron chi connectivity index (χ3n) is 3.63. The van der Waals surface area contributed by atoms with Crippen LogP contribution in [-0.4, -0.2) is 21.7 Å². The molecule has 0 radical (unpaired) electrons. The number of phenols is 1. The number of para-hydroxylation sites is 1. The molecule has 0 fully saturated rings. The number of hydrogen-bond donors (Lipinski definition) is 1. The molecule has 0 aliphatic heterocycles. The van der Waals surface area contributed by atoms with Crippen LogP contribution < -0.4 is 4.57 Å². The predicted octanol–water partition coefficient (Wildman–Crippen LogP) is 2.19. The maximum atomic E-state index is 12.1. The second kappa shape index (κ2) is 6.83. The Bertz CT molecular complexity index is 875. The van der Waals surface area contributed by atoms with Crippen LogP contribution in [0.15, 0.2) is 73.3 Å². The van der Waals surface area contributed by atoms with Crippen LogP contribution in [0.4, 0.5) is 0 Å². The summed E-state index contributed by atoms with van der Waals surface area (Å²) in [5.74, 6) is -1.47. The van der Waals surface area contributed by atoms with Gasteiger partial charge in [-0.05, 0) is 35.4 Å². The van der Waals surface area contributed by atoms with E-state index in [9.17, 15) is 14.7 Å². The second-order valence-electron chi connectivity index (χ2n) is 5.26. The van der Waals surface area contributed by atoms with Gasteiger partial charge in [0.2, 0.25) is 12.3 Å². The monoisotopic (exact) mass is 319 g/mol. The quantitative estimate of drug-likeness (QED) is 0.444. The van der Waals surface area contributed by atoms with Gasteiger partial charge in [-0.3, -0.25) is 14.6 Å². The van der Waals surface area contributed by atoms with E-state index in [4.69, 9.17) is 0 Å². The molecule has 3 aromatic rings. The van der Waals surface area contributed by atoms with Gasteiger partial charge < -0.3 is 5.11 Å². The van der Waals surface area contributed by atoms with Crippen LogP contribution in [0.3, 0.4) is 0 Å². The highest BCUT2D eigenvalue weighted by atomic mass is 16.3. The van der Waals surface area contributed by atoms with Crippen molar-refractivity contribution in [1.82, 2.24) is 4.98 Å². The Morgan fingerprint density at radius 1 is 0.917 bits per heavy atom. The molecule has 0 bridgehead atoms. The minimum absolute atomic E-state index is 0.0245. The first-order valence-electron chi connectivity index (χ1n) is 7.40. The molecule has 0 spiro atoms. The number of carbonyl (C=O) groups excluding carboxylic acids is 2. The van der Waals surface area contributed by atoms with E-state index in [0.29, 0.717) is 0 Å². The number of aromatic nitrogens is 2. The smallest absolute Gasteiger partial charge is 0.267 e. The van der Waals surface area contributed by atoms with E-state index in [-0.39, 0.29) is 17.9 Å². The zero-order chi connectivity index (χ0) is 16.9. The number of aromatic hydroxyl groups is 1. The molecule has 0 atom stereocenters. The molecule has 2 aromatic heterocycles. The minimum atomic E-state index is -0.696. The number of phenolic OH excluding ortho intramolecular Hbond substituents is 1. The van der Waals surface area contributed by atoms with Crippen LogP contribution in [-0.2, 0) is 11.3 Å². The fourth-order valence-electron chi connectivity index (χ4n) is 2.35. The van der Waals surface area contributed by atoms with Crippen molar-refractivity contribution in [1.29, 1.82) is 0 Å². The Labute approximate surface area is 138 Å². The largest absolute Gasteiger partial charge is 0.507 e. The lowest BCUT2D eigenvalue weighted by atomic mass is 10.1. The first-order chi connectivity index (χ1) is 11.6. The molecule has 0 unspecified atom stereocenters. The summed E-state index contributed by atoms with van der Waals surface area (Å²) in [4.78, 5) is 28.2. The SMILES string of the molecule is O=C(C[n+]1ccc(-c2ccncc2)cc1)C(=O)c1ccccc1O. The zero-order valence-electron chi connectivity index (χ0n) is 12.8. The van der Waals surface area contributed by atoms with Crippen molar-refractivity contribution >= 4 is 11.6 Å². The summed E-state index contributed by atoms with van der Waals surface area (Å²) >= 11 is 0. The summed E-state index contributed by atoms with van der Waals surface area (Å²) < 4.78 is 1.63. The summed E-state index contributed by atoms with van der Waals surface area (Å²) in [5.41, 5.74) is 2.04. The van der Waals surface area contributed by atoms with Crippen LogP contribution in [0.25, 0.3) is 11.1 Å². The summed E-state index contributed by atoms with van der Waals surface area (Å²) in [6.45, 7) is -0.0796. The number of ketones is 2. The van der Waals surface area contributed by atoms with Crippen molar-refractivity contribution in [2.75, 3.05) is 0 Å². The van der Waals surface area contributed by atoms with Gasteiger partial charge in [-0.1, -0.05) is 12.1 Å². The molecule has 24 heavy (non-hydrogen) atoms. The third kappa shape index (κ3) is 3.35. The summed E-state index contributed by atoms with van der Waals surface area (Å²) in [7, 11) is 0. The fraction of sp³-hybridized carbons (Fsp3) is 0.0526. The molecule has 1 N–H and O–H groups in total. The number of Topliss-reactive ketones (excluding diaryl/α,β-unsaturated/α-hetero) is 2. The Hall–Kier alpha value is -3.34. The van der Waals surface area contributed by atoms with Crippen LogP contribution in [0.2, 0.25) is 0 Å². The van der Waals surface area contributed by atoms with Crippen LogP contribution in [0, 0.1) is 0 Å². The molecule has 0 saturated carbocycles. The van der Waals surface area contributed by atoms with E-state index in [2.05, 4.69) is 4.98 Å². The van der Waals surface area contributed by atoms with Crippen molar-refractivity contribution in [2.24, 2.45) is 0 Å². The van der Waals surface area contributed by atoms with E-state index in [1.54, 1.807) is 41.5 Å². The van der Waals surface area contributed by atoms with E-state index in [1.165, 1.54) is 12.1 Å². The number of benzene rings is 1. The lowest BCUT2D eigenvalue weighted by Gasteiger charge is -2.02. The number of rotatable bonds is 5. The molecule has 0 saturated heterocycles. The van der Waals surface area contributed by atoms with Gasteiger partial charge in [0.05, 0.1) is 5.56 Å². The maximum Gasteiger partial charge on any atom is 0.267 e. The van der Waals surface area contributed by atoms with Crippen molar-refractivity contribution in [3.8, 4) is 16.9 Å². The predicted molar refractivity (Wildman–Crippen MR) is 87.3 cm³/mol. The highest BCUT2D eigenvalue weighted by molar-refractivity contribution is 6.43. The molecule has 118 valence electrons.